The summed E-state index contributed by atoms with van der Waals surface area (Å²) in [6.07, 6.45) is 7.06. The molecular weight excluding hydrogens is 292 g/mol. The summed E-state index contributed by atoms with van der Waals surface area (Å²) in [6.45, 7) is 1.25. The number of unbranched alkanes of at least 4 members (excludes halogenated alkanes) is 3. The predicted octanol–water partition coefficient (Wildman–Crippen LogP) is 3.79. The normalized spacial score (nSPS) is 10.5. The maximum atomic E-state index is 11.7. The molecule has 1 aromatic rings. The third kappa shape index (κ3) is 8.46. The van der Waals surface area contributed by atoms with Gasteiger partial charge in [0.1, 0.15) is 0 Å². The summed E-state index contributed by atoms with van der Waals surface area (Å²) in [5.74, 6) is 1.23. The SMILES string of the molecule is CSCCCCCCNCC(=O)Nc1ccc(Cl)cc1. The fraction of sp³-hybridized carbons (Fsp3) is 0.533. The Labute approximate surface area is 130 Å². The van der Waals surface area contributed by atoms with Crippen molar-refractivity contribution in [3.05, 3.63) is 29.3 Å². The van der Waals surface area contributed by atoms with Crippen molar-refractivity contribution in [1.29, 1.82) is 0 Å². The first-order valence-electron chi connectivity index (χ1n) is 6.97. The molecule has 112 valence electrons. The van der Waals surface area contributed by atoms with Crippen LogP contribution in [0.2, 0.25) is 5.02 Å². The quantitative estimate of drug-likeness (QED) is 0.646. The smallest absolute Gasteiger partial charge is 0.238 e. The molecule has 0 aliphatic heterocycles. The van der Waals surface area contributed by atoms with Crippen LogP contribution < -0.4 is 10.6 Å². The van der Waals surface area contributed by atoms with Gasteiger partial charge in [-0.2, -0.15) is 11.8 Å². The van der Waals surface area contributed by atoms with E-state index in [0.29, 0.717) is 11.6 Å². The van der Waals surface area contributed by atoms with Crippen LogP contribution in [-0.4, -0.2) is 31.0 Å². The number of carbonyl (C=O) groups is 1. The summed E-state index contributed by atoms with van der Waals surface area (Å²) < 4.78 is 0. The van der Waals surface area contributed by atoms with Gasteiger partial charge in [-0.3, -0.25) is 4.79 Å². The highest BCUT2D eigenvalue weighted by Gasteiger charge is 2.01. The monoisotopic (exact) mass is 314 g/mol. The molecule has 0 heterocycles. The van der Waals surface area contributed by atoms with Gasteiger partial charge < -0.3 is 10.6 Å². The van der Waals surface area contributed by atoms with Crippen molar-refractivity contribution in [3.63, 3.8) is 0 Å². The zero-order chi connectivity index (χ0) is 14.6. The van der Waals surface area contributed by atoms with Crippen molar-refractivity contribution in [3.8, 4) is 0 Å². The second-order valence-corrected chi connectivity index (χ2v) is 6.06. The molecule has 3 nitrogen and oxygen atoms in total. The number of hydrogen-bond donors (Lipinski definition) is 2. The average Bonchev–Trinajstić information content (AvgIpc) is 2.44. The summed E-state index contributed by atoms with van der Waals surface area (Å²) in [5.41, 5.74) is 0.776. The van der Waals surface area contributed by atoms with Gasteiger partial charge in [-0.1, -0.05) is 24.4 Å². The van der Waals surface area contributed by atoms with Crippen molar-refractivity contribution >= 4 is 35.0 Å². The first-order chi connectivity index (χ1) is 9.72. The molecule has 5 heteroatoms. The standard InChI is InChI=1S/C15H23ClN2OS/c1-20-11-5-3-2-4-10-17-12-15(19)18-14-8-6-13(16)7-9-14/h6-9,17H,2-5,10-12H2,1H3,(H,18,19). The summed E-state index contributed by atoms with van der Waals surface area (Å²) in [4.78, 5) is 11.7. The minimum absolute atomic E-state index is 0.0188. The first kappa shape index (κ1) is 17.3. The number of thioether (sulfide) groups is 1. The van der Waals surface area contributed by atoms with Crippen LogP contribution in [0.5, 0.6) is 0 Å². The van der Waals surface area contributed by atoms with Gasteiger partial charge in [0.05, 0.1) is 6.54 Å². The molecule has 1 aromatic carbocycles. The molecule has 2 N–H and O–H groups in total. The Bertz CT molecular complexity index is 384. The lowest BCUT2D eigenvalue weighted by Crippen LogP contribution is -2.28. The molecule has 0 radical (unpaired) electrons. The maximum absolute atomic E-state index is 11.7. The van der Waals surface area contributed by atoms with E-state index in [9.17, 15) is 4.79 Å². The zero-order valence-electron chi connectivity index (χ0n) is 12.0. The van der Waals surface area contributed by atoms with Gasteiger partial charge in [0.2, 0.25) is 5.91 Å². The van der Waals surface area contributed by atoms with Crippen LogP contribution in [0.25, 0.3) is 0 Å². The average molecular weight is 315 g/mol. The molecule has 0 atom stereocenters. The van der Waals surface area contributed by atoms with Gasteiger partial charge in [-0.05, 0) is 55.7 Å². The van der Waals surface area contributed by atoms with Crippen LogP contribution >= 0.6 is 23.4 Å². The van der Waals surface area contributed by atoms with E-state index in [-0.39, 0.29) is 5.91 Å². The molecule has 0 fully saturated rings. The van der Waals surface area contributed by atoms with Crippen LogP contribution in [0.1, 0.15) is 25.7 Å². The van der Waals surface area contributed by atoms with Gasteiger partial charge in [-0.25, -0.2) is 0 Å². The Morgan fingerprint density at radius 2 is 1.85 bits per heavy atom. The second kappa shape index (κ2) is 11.0. The van der Waals surface area contributed by atoms with E-state index in [2.05, 4.69) is 16.9 Å². The summed E-state index contributed by atoms with van der Waals surface area (Å²) in [5, 5.41) is 6.66. The van der Waals surface area contributed by atoms with Gasteiger partial charge in [0.15, 0.2) is 0 Å². The van der Waals surface area contributed by atoms with Crippen molar-refractivity contribution in [2.75, 3.05) is 30.4 Å². The van der Waals surface area contributed by atoms with E-state index in [4.69, 9.17) is 11.6 Å². The molecule has 0 aromatic heterocycles. The number of halogens is 1. The molecule has 1 rings (SSSR count). The molecular formula is C15H23ClN2OS. The second-order valence-electron chi connectivity index (χ2n) is 4.64. The third-order valence-electron chi connectivity index (χ3n) is 2.87. The maximum Gasteiger partial charge on any atom is 0.238 e. The van der Waals surface area contributed by atoms with E-state index in [1.165, 1.54) is 25.0 Å². The van der Waals surface area contributed by atoms with E-state index < -0.39 is 0 Å². The summed E-state index contributed by atoms with van der Waals surface area (Å²) in [7, 11) is 0. The predicted molar refractivity (Wildman–Crippen MR) is 89.8 cm³/mol. The molecule has 20 heavy (non-hydrogen) atoms. The Hall–Kier alpha value is -0.710. The lowest BCUT2D eigenvalue weighted by molar-refractivity contribution is -0.115. The molecule has 0 aliphatic carbocycles. The van der Waals surface area contributed by atoms with Crippen LogP contribution in [0.15, 0.2) is 24.3 Å². The first-order valence-corrected chi connectivity index (χ1v) is 8.74. The molecule has 0 spiro atoms. The van der Waals surface area contributed by atoms with Crippen LogP contribution in [0, 0.1) is 0 Å². The largest absolute Gasteiger partial charge is 0.325 e. The number of nitrogens with one attached hydrogen (secondary N) is 2. The lowest BCUT2D eigenvalue weighted by Gasteiger charge is -2.07. The number of rotatable bonds is 10. The number of hydrogen-bond acceptors (Lipinski definition) is 3. The molecule has 0 saturated carbocycles. The van der Waals surface area contributed by atoms with Gasteiger partial charge in [0.25, 0.3) is 0 Å². The lowest BCUT2D eigenvalue weighted by atomic mass is 10.2. The minimum Gasteiger partial charge on any atom is -0.325 e. The van der Waals surface area contributed by atoms with Crippen LogP contribution in [0.3, 0.4) is 0 Å². The number of anilines is 1. The van der Waals surface area contributed by atoms with Crippen molar-refractivity contribution in [1.82, 2.24) is 5.32 Å². The molecule has 0 saturated heterocycles. The molecule has 0 bridgehead atoms. The molecule has 1 amide bonds. The number of carbonyl (C=O) groups excluding carboxylic acids is 1. The van der Waals surface area contributed by atoms with Gasteiger partial charge in [-0.15, -0.1) is 0 Å². The molecule has 0 unspecified atom stereocenters. The minimum atomic E-state index is -0.0188. The molecule has 0 aliphatic rings. The van der Waals surface area contributed by atoms with Crippen LogP contribution in [0.4, 0.5) is 5.69 Å². The fourth-order valence-corrected chi connectivity index (χ4v) is 2.41. The van der Waals surface area contributed by atoms with Crippen LogP contribution in [-0.2, 0) is 4.79 Å². The van der Waals surface area contributed by atoms with Gasteiger partial charge in [0, 0.05) is 10.7 Å². The highest BCUT2D eigenvalue weighted by Crippen LogP contribution is 2.12. The van der Waals surface area contributed by atoms with E-state index in [1.54, 1.807) is 24.3 Å². The van der Waals surface area contributed by atoms with E-state index >= 15 is 0 Å². The summed E-state index contributed by atoms with van der Waals surface area (Å²) >= 11 is 7.68. The topological polar surface area (TPSA) is 41.1 Å². The van der Waals surface area contributed by atoms with E-state index in [0.717, 1.165) is 18.7 Å². The Morgan fingerprint density at radius 3 is 2.55 bits per heavy atom. The van der Waals surface area contributed by atoms with Gasteiger partial charge >= 0.3 is 0 Å². The van der Waals surface area contributed by atoms with Crippen molar-refractivity contribution < 1.29 is 4.79 Å². The van der Waals surface area contributed by atoms with E-state index in [1.807, 2.05) is 11.8 Å². The fourth-order valence-electron chi connectivity index (χ4n) is 1.79. The Balaban J connectivity index is 2.01. The Kier molecular flexibility index (Phi) is 9.54. The zero-order valence-corrected chi connectivity index (χ0v) is 13.5. The number of benzene rings is 1. The van der Waals surface area contributed by atoms with Crippen molar-refractivity contribution in [2.45, 2.75) is 25.7 Å². The highest BCUT2D eigenvalue weighted by atomic mass is 35.5. The third-order valence-corrected chi connectivity index (χ3v) is 3.81. The summed E-state index contributed by atoms with van der Waals surface area (Å²) in [6, 6.07) is 7.12. The van der Waals surface area contributed by atoms with Crippen molar-refractivity contribution in [2.24, 2.45) is 0 Å². The highest BCUT2D eigenvalue weighted by molar-refractivity contribution is 7.98. The Morgan fingerprint density at radius 1 is 1.15 bits per heavy atom. The number of amides is 1.